The molecule has 0 saturated heterocycles. The van der Waals surface area contributed by atoms with Crippen molar-refractivity contribution in [3.8, 4) is 5.75 Å². The third kappa shape index (κ3) is 5.10. The van der Waals surface area contributed by atoms with Crippen LogP contribution in [0.15, 0.2) is 58.7 Å². The smallest absolute Gasteiger partial charge is 0.356 e. The topological polar surface area (TPSA) is 76.7 Å². The number of carbonyl (C=O) groups is 2. The van der Waals surface area contributed by atoms with Gasteiger partial charge in [-0.1, -0.05) is 28.1 Å². The first-order chi connectivity index (χ1) is 12.4. The molecule has 7 heteroatoms. The van der Waals surface area contributed by atoms with E-state index in [0.29, 0.717) is 17.0 Å². The first-order valence-electron chi connectivity index (χ1n) is 7.71. The van der Waals surface area contributed by atoms with Crippen molar-refractivity contribution in [2.24, 2.45) is 0 Å². The Labute approximate surface area is 160 Å². The molecule has 0 atom stereocenters. The van der Waals surface area contributed by atoms with Crippen LogP contribution < -0.4 is 15.4 Å². The SMILES string of the molecule is COC(=O)/C(NC(C)=O)=C(\Nc1ccc(OC)cc1)c1ccc(Br)cc1. The zero-order valence-electron chi connectivity index (χ0n) is 14.6. The lowest BCUT2D eigenvalue weighted by Gasteiger charge is -2.17. The number of hydrogen-bond donors (Lipinski definition) is 2. The van der Waals surface area contributed by atoms with E-state index in [1.165, 1.54) is 14.0 Å². The molecule has 0 heterocycles. The molecule has 0 aliphatic rings. The summed E-state index contributed by atoms with van der Waals surface area (Å²) in [6.07, 6.45) is 0. The number of ether oxygens (including phenoxy) is 2. The number of hydrogen-bond acceptors (Lipinski definition) is 5. The molecule has 0 aromatic heterocycles. The van der Waals surface area contributed by atoms with E-state index in [1.807, 2.05) is 24.3 Å². The van der Waals surface area contributed by atoms with E-state index >= 15 is 0 Å². The molecule has 0 saturated carbocycles. The largest absolute Gasteiger partial charge is 0.497 e. The Morgan fingerprint density at radius 1 is 0.962 bits per heavy atom. The second kappa shape index (κ2) is 9.05. The number of nitrogens with one attached hydrogen (secondary N) is 2. The highest BCUT2D eigenvalue weighted by Crippen LogP contribution is 2.25. The number of anilines is 1. The third-order valence-electron chi connectivity index (χ3n) is 3.43. The third-order valence-corrected chi connectivity index (χ3v) is 3.96. The molecule has 0 unspecified atom stereocenters. The summed E-state index contributed by atoms with van der Waals surface area (Å²) in [7, 11) is 2.85. The molecular weight excluding hydrogens is 400 g/mol. The zero-order chi connectivity index (χ0) is 19.1. The quantitative estimate of drug-likeness (QED) is 0.553. The Morgan fingerprint density at radius 3 is 2.08 bits per heavy atom. The summed E-state index contributed by atoms with van der Waals surface area (Å²) >= 11 is 3.39. The summed E-state index contributed by atoms with van der Waals surface area (Å²) in [5, 5.41) is 5.73. The van der Waals surface area contributed by atoms with Crippen LogP contribution in [-0.2, 0) is 14.3 Å². The molecule has 2 N–H and O–H groups in total. The number of halogens is 1. The molecule has 0 aliphatic carbocycles. The monoisotopic (exact) mass is 418 g/mol. The van der Waals surface area contributed by atoms with Crippen molar-refractivity contribution in [1.82, 2.24) is 5.32 Å². The fourth-order valence-corrected chi connectivity index (χ4v) is 2.47. The second-order valence-corrected chi connectivity index (χ2v) is 6.20. The Hall–Kier alpha value is -2.80. The van der Waals surface area contributed by atoms with E-state index in [9.17, 15) is 9.59 Å². The van der Waals surface area contributed by atoms with Gasteiger partial charge in [-0.05, 0) is 36.4 Å². The van der Waals surface area contributed by atoms with Gasteiger partial charge in [0.05, 0.1) is 19.9 Å². The molecule has 0 spiro atoms. The Balaban J connectivity index is 2.54. The maximum Gasteiger partial charge on any atom is 0.356 e. The molecule has 2 rings (SSSR count). The lowest BCUT2D eigenvalue weighted by molar-refractivity contribution is -0.137. The summed E-state index contributed by atoms with van der Waals surface area (Å²) in [6.45, 7) is 1.33. The van der Waals surface area contributed by atoms with Gasteiger partial charge >= 0.3 is 5.97 Å². The van der Waals surface area contributed by atoms with Crippen molar-refractivity contribution in [3.05, 3.63) is 64.3 Å². The number of amides is 1. The molecule has 26 heavy (non-hydrogen) atoms. The average Bonchev–Trinajstić information content (AvgIpc) is 2.65. The lowest BCUT2D eigenvalue weighted by Crippen LogP contribution is -2.28. The summed E-state index contributed by atoms with van der Waals surface area (Å²) in [5.41, 5.74) is 1.87. The fourth-order valence-electron chi connectivity index (χ4n) is 2.21. The molecule has 0 bridgehead atoms. The van der Waals surface area contributed by atoms with E-state index in [4.69, 9.17) is 9.47 Å². The summed E-state index contributed by atoms with van der Waals surface area (Å²) < 4.78 is 10.9. The minimum Gasteiger partial charge on any atom is -0.497 e. The molecule has 2 aromatic rings. The first-order valence-corrected chi connectivity index (χ1v) is 8.51. The van der Waals surface area contributed by atoms with E-state index in [1.54, 1.807) is 31.4 Å². The van der Waals surface area contributed by atoms with Gasteiger partial charge in [-0.25, -0.2) is 4.79 Å². The average molecular weight is 419 g/mol. The Bertz CT molecular complexity index is 814. The Kier molecular flexibility index (Phi) is 6.80. The van der Waals surface area contributed by atoms with Gasteiger partial charge in [0.25, 0.3) is 0 Å². The van der Waals surface area contributed by atoms with Crippen molar-refractivity contribution in [1.29, 1.82) is 0 Å². The van der Waals surface area contributed by atoms with Gasteiger partial charge in [-0.15, -0.1) is 0 Å². The number of rotatable bonds is 6. The van der Waals surface area contributed by atoms with Crippen LogP contribution in [0.3, 0.4) is 0 Å². The van der Waals surface area contributed by atoms with Gasteiger partial charge in [0.2, 0.25) is 5.91 Å². The molecule has 2 aromatic carbocycles. The van der Waals surface area contributed by atoms with Crippen LogP contribution in [0.2, 0.25) is 0 Å². The van der Waals surface area contributed by atoms with Gasteiger partial charge in [0.1, 0.15) is 5.75 Å². The predicted octanol–water partition coefficient (Wildman–Crippen LogP) is 3.55. The highest BCUT2D eigenvalue weighted by molar-refractivity contribution is 9.10. The van der Waals surface area contributed by atoms with E-state index < -0.39 is 5.97 Å². The Morgan fingerprint density at radius 2 is 1.58 bits per heavy atom. The standard InChI is InChI=1S/C19H19BrN2O4/c1-12(23)21-18(19(24)26-3)17(13-4-6-14(20)7-5-13)22-15-8-10-16(25-2)11-9-15/h4-11,22H,1-3H3,(H,21,23)/b18-17+. The van der Waals surface area contributed by atoms with Crippen LogP contribution in [0.1, 0.15) is 12.5 Å². The maximum absolute atomic E-state index is 12.3. The number of methoxy groups -OCH3 is 2. The van der Waals surface area contributed by atoms with Gasteiger partial charge in [0, 0.05) is 22.6 Å². The minimum absolute atomic E-state index is 0.0261. The van der Waals surface area contributed by atoms with Crippen LogP contribution in [0, 0.1) is 0 Å². The van der Waals surface area contributed by atoms with Crippen molar-refractivity contribution in [2.45, 2.75) is 6.92 Å². The number of benzene rings is 2. The van der Waals surface area contributed by atoms with E-state index in [-0.39, 0.29) is 11.6 Å². The van der Waals surface area contributed by atoms with Crippen molar-refractivity contribution >= 4 is 39.2 Å². The van der Waals surface area contributed by atoms with Crippen LogP contribution in [0.25, 0.3) is 5.70 Å². The number of carbonyl (C=O) groups excluding carboxylic acids is 2. The van der Waals surface area contributed by atoms with Gasteiger partial charge in [-0.3, -0.25) is 4.79 Å². The molecule has 6 nitrogen and oxygen atoms in total. The second-order valence-electron chi connectivity index (χ2n) is 5.28. The van der Waals surface area contributed by atoms with Crippen LogP contribution >= 0.6 is 15.9 Å². The predicted molar refractivity (Wildman–Crippen MR) is 104 cm³/mol. The van der Waals surface area contributed by atoms with Crippen molar-refractivity contribution < 1.29 is 19.1 Å². The van der Waals surface area contributed by atoms with Gasteiger partial charge < -0.3 is 20.1 Å². The molecule has 0 radical (unpaired) electrons. The maximum atomic E-state index is 12.3. The number of esters is 1. The normalized spacial score (nSPS) is 11.2. The molecule has 0 fully saturated rings. The van der Waals surface area contributed by atoms with E-state index in [2.05, 4.69) is 26.6 Å². The highest BCUT2D eigenvalue weighted by atomic mass is 79.9. The summed E-state index contributed by atoms with van der Waals surface area (Å²) in [4.78, 5) is 23.9. The molecular formula is C19H19BrN2O4. The van der Waals surface area contributed by atoms with Crippen molar-refractivity contribution in [2.75, 3.05) is 19.5 Å². The van der Waals surface area contributed by atoms with Crippen LogP contribution in [0.5, 0.6) is 5.75 Å². The van der Waals surface area contributed by atoms with Gasteiger partial charge in [0.15, 0.2) is 5.70 Å². The van der Waals surface area contributed by atoms with Crippen molar-refractivity contribution in [3.63, 3.8) is 0 Å². The highest BCUT2D eigenvalue weighted by Gasteiger charge is 2.19. The summed E-state index contributed by atoms with van der Waals surface area (Å²) in [6, 6.07) is 14.5. The summed E-state index contributed by atoms with van der Waals surface area (Å²) in [5.74, 6) is -0.324. The fraction of sp³-hybridized carbons (Fsp3) is 0.158. The minimum atomic E-state index is -0.654. The van der Waals surface area contributed by atoms with Crippen LogP contribution in [-0.4, -0.2) is 26.1 Å². The van der Waals surface area contributed by atoms with Gasteiger partial charge in [-0.2, -0.15) is 0 Å². The molecule has 0 aliphatic heterocycles. The van der Waals surface area contributed by atoms with Crippen LogP contribution in [0.4, 0.5) is 5.69 Å². The first kappa shape index (κ1) is 19.5. The zero-order valence-corrected chi connectivity index (χ0v) is 16.2. The van der Waals surface area contributed by atoms with E-state index in [0.717, 1.165) is 10.2 Å². The molecule has 136 valence electrons. The lowest BCUT2D eigenvalue weighted by atomic mass is 10.1. The molecule has 1 amide bonds.